The number of benzene rings is 1. The third-order valence-electron chi connectivity index (χ3n) is 7.04. The Morgan fingerprint density at radius 3 is 2.63 bits per heavy atom. The van der Waals surface area contributed by atoms with Crippen molar-refractivity contribution in [1.29, 1.82) is 0 Å². The number of piperidine rings is 1. The molecular weight excluding hydrogens is 455 g/mol. The number of fused-ring (bicyclic) bond motifs is 1. The summed E-state index contributed by atoms with van der Waals surface area (Å²) < 4.78 is 28.9. The summed E-state index contributed by atoms with van der Waals surface area (Å²) >= 11 is 0. The summed E-state index contributed by atoms with van der Waals surface area (Å²) in [7, 11) is 0. The first-order chi connectivity index (χ1) is 16.5. The number of carbonyl (C=O) groups excluding carboxylic acids is 3. The van der Waals surface area contributed by atoms with Crippen molar-refractivity contribution in [2.75, 3.05) is 31.1 Å². The number of anilines is 1. The molecule has 0 bridgehead atoms. The van der Waals surface area contributed by atoms with Crippen molar-refractivity contribution in [3.05, 3.63) is 30.2 Å². The summed E-state index contributed by atoms with van der Waals surface area (Å²) in [6, 6.07) is 4.44. The van der Waals surface area contributed by atoms with Gasteiger partial charge >= 0.3 is 12.1 Å². The van der Waals surface area contributed by atoms with Crippen molar-refractivity contribution in [1.82, 2.24) is 14.8 Å². The fourth-order valence-electron chi connectivity index (χ4n) is 5.26. The second-order valence-electron chi connectivity index (χ2n) is 10.7. The van der Waals surface area contributed by atoms with E-state index in [0.717, 1.165) is 30.2 Å². The SMILES string of the molecule is CC(C)(C)OC(=O)N1CCC2(CC1)C[C@H](n1ccc3cc(N4CCC(=O)NC4=O)c(F)cc31)CO2. The predicted octanol–water partition coefficient (Wildman–Crippen LogP) is 3.96. The molecule has 4 heterocycles. The van der Waals surface area contributed by atoms with Crippen molar-refractivity contribution in [3.8, 4) is 0 Å². The van der Waals surface area contributed by atoms with Gasteiger partial charge in [0.1, 0.15) is 11.4 Å². The number of amides is 4. The summed E-state index contributed by atoms with van der Waals surface area (Å²) in [6.45, 7) is 7.38. The Hall–Kier alpha value is -3.14. The number of nitrogens with one attached hydrogen (secondary N) is 1. The van der Waals surface area contributed by atoms with E-state index in [1.165, 1.54) is 11.0 Å². The number of nitrogens with zero attached hydrogens (tertiary/aromatic N) is 3. The molecule has 1 spiro atoms. The highest BCUT2D eigenvalue weighted by atomic mass is 19.1. The topological polar surface area (TPSA) is 93.1 Å². The molecule has 3 aliphatic heterocycles. The monoisotopic (exact) mass is 486 g/mol. The summed E-state index contributed by atoms with van der Waals surface area (Å²) in [5.74, 6) is -0.868. The molecule has 0 unspecified atom stereocenters. The molecule has 1 atom stereocenters. The number of carbonyl (C=O) groups is 3. The number of rotatable bonds is 2. The van der Waals surface area contributed by atoms with Gasteiger partial charge in [-0.25, -0.2) is 14.0 Å². The highest BCUT2D eigenvalue weighted by molar-refractivity contribution is 6.06. The zero-order valence-corrected chi connectivity index (χ0v) is 20.3. The maximum absolute atomic E-state index is 15.1. The van der Waals surface area contributed by atoms with Gasteiger partial charge in [0, 0.05) is 43.7 Å². The zero-order chi connectivity index (χ0) is 25.0. The lowest BCUT2D eigenvalue weighted by Crippen LogP contribution is -2.49. The van der Waals surface area contributed by atoms with E-state index in [0.29, 0.717) is 19.7 Å². The molecule has 10 heteroatoms. The molecule has 1 aromatic carbocycles. The molecule has 4 amide bonds. The van der Waals surface area contributed by atoms with E-state index in [4.69, 9.17) is 9.47 Å². The van der Waals surface area contributed by atoms with E-state index in [1.807, 2.05) is 37.6 Å². The number of likely N-dealkylation sites (tertiary alicyclic amines) is 1. The minimum absolute atomic E-state index is 0.0433. The summed E-state index contributed by atoms with van der Waals surface area (Å²) in [4.78, 5) is 39.0. The molecule has 0 saturated carbocycles. The van der Waals surface area contributed by atoms with Crippen LogP contribution in [0, 0.1) is 5.82 Å². The van der Waals surface area contributed by atoms with E-state index >= 15 is 4.39 Å². The van der Waals surface area contributed by atoms with Crippen LogP contribution >= 0.6 is 0 Å². The molecular formula is C25H31FN4O5. The van der Waals surface area contributed by atoms with E-state index in [9.17, 15) is 14.4 Å². The molecule has 9 nitrogen and oxygen atoms in total. The van der Waals surface area contributed by atoms with E-state index in [1.54, 1.807) is 11.0 Å². The second kappa shape index (κ2) is 8.51. The maximum atomic E-state index is 15.1. The Balaban J connectivity index is 1.29. The highest BCUT2D eigenvalue weighted by Crippen LogP contribution is 2.42. The molecule has 35 heavy (non-hydrogen) atoms. The van der Waals surface area contributed by atoms with Crippen molar-refractivity contribution < 1.29 is 28.2 Å². The van der Waals surface area contributed by atoms with Crippen molar-refractivity contribution >= 4 is 34.6 Å². The van der Waals surface area contributed by atoms with Gasteiger partial charge in [-0.15, -0.1) is 0 Å². The van der Waals surface area contributed by atoms with Gasteiger partial charge in [0.25, 0.3) is 0 Å². The Morgan fingerprint density at radius 1 is 1.20 bits per heavy atom. The lowest BCUT2D eigenvalue weighted by molar-refractivity contribution is -0.120. The standard InChI is InChI=1S/C25H31FN4O5/c1-24(2,3)35-23(33)28-10-6-25(7-11-28)14-17(15-34-25)29-8-4-16-12-20(18(26)13-19(16)29)30-9-5-21(31)27-22(30)32/h4,8,12-13,17H,5-7,9-11,14-15H2,1-3H3,(H,27,31,32)/t17-/m0/s1. The van der Waals surface area contributed by atoms with Crippen LogP contribution in [0.2, 0.25) is 0 Å². The molecule has 2 aromatic rings. The number of hydrogen-bond acceptors (Lipinski definition) is 5. The van der Waals surface area contributed by atoms with Crippen LogP contribution in [-0.4, -0.2) is 64.9 Å². The number of urea groups is 1. The van der Waals surface area contributed by atoms with Crippen LogP contribution in [-0.2, 0) is 14.3 Å². The molecule has 1 aromatic heterocycles. The van der Waals surface area contributed by atoms with Gasteiger partial charge < -0.3 is 18.9 Å². The fraction of sp³-hybridized carbons (Fsp3) is 0.560. The molecule has 3 aliphatic rings. The van der Waals surface area contributed by atoms with Gasteiger partial charge in [0.15, 0.2) is 0 Å². The average molecular weight is 487 g/mol. The Morgan fingerprint density at radius 2 is 1.94 bits per heavy atom. The van der Waals surface area contributed by atoms with Gasteiger partial charge in [-0.05, 0) is 52.2 Å². The third kappa shape index (κ3) is 4.59. The van der Waals surface area contributed by atoms with Crippen molar-refractivity contribution in [3.63, 3.8) is 0 Å². The van der Waals surface area contributed by atoms with Crippen LogP contribution in [0.15, 0.2) is 24.4 Å². The number of hydrogen-bond donors (Lipinski definition) is 1. The Labute approximate surface area is 203 Å². The third-order valence-corrected chi connectivity index (χ3v) is 7.04. The number of imide groups is 1. The first kappa shape index (κ1) is 23.6. The van der Waals surface area contributed by atoms with Crippen LogP contribution in [0.4, 0.5) is 19.7 Å². The molecule has 0 aliphatic carbocycles. The minimum atomic E-state index is -0.609. The quantitative estimate of drug-likeness (QED) is 0.694. The molecule has 3 saturated heterocycles. The predicted molar refractivity (Wildman–Crippen MR) is 127 cm³/mol. The first-order valence-corrected chi connectivity index (χ1v) is 12.1. The van der Waals surface area contributed by atoms with Crippen molar-refractivity contribution in [2.45, 2.75) is 63.7 Å². The molecule has 1 N–H and O–H groups in total. The Kier molecular flexibility index (Phi) is 5.74. The van der Waals surface area contributed by atoms with E-state index in [-0.39, 0.29) is 42.3 Å². The number of halogens is 1. The van der Waals surface area contributed by atoms with Crippen LogP contribution in [0.5, 0.6) is 0 Å². The molecule has 3 fully saturated rings. The normalized spacial score (nSPS) is 22.7. The fourth-order valence-corrected chi connectivity index (χ4v) is 5.26. The van der Waals surface area contributed by atoms with Gasteiger partial charge in [0.2, 0.25) is 5.91 Å². The summed E-state index contributed by atoms with van der Waals surface area (Å²) in [5, 5.41) is 3.05. The molecule has 5 rings (SSSR count). The second-order valence-corrected chi connectivity index (χ2v) is 10.7. The van der Waals surface area contributed by atoms with Crippen LogP contribution in [0.3, 0.4) is 0 Å². The number of ether oxygens (including phenoxy) is 2. The van der Waals surface area contributed by atoms with Crippen LogP contribution in [0.25, 0.3) is 10.9 Å². The molecule has 188 valence electrons. The largest absolute Gasteiger partial charge is 0.444 e. The number of aromatic nitrogens is 1. The van der Waals surface area contributed by atoms with E-state index in [2.05, 4.69) is 5.32 Å². The zero-order valence-electron chi connectivity index (χ0n) is 20.3. The highest BCUT2D eigenvalue weighted by Gasteiger charge is 2.44. The maximum Gasteiger partial charge on any atom is 0.410 e. The lowest BCUT2D eigenvalue weighted by atomic mass is 9.87. The minimum Gasteiger partial charge on any atom is -0.444 e. The van der Waals surface area contributed by atoms with Crippen molar-refractivity contribution in [2.24, 2.45) is 0 Å². The summed E-state index contributed by atoms with van der Waals surface area (Å²) in [6.07, 6.45) is 4.00. The average Bonchev–Trinajstić information content (AvgIpc) is 3.37. The first-order valence-electron chi connectivity index (χ1n) is 12.1. The Bertz CT molecular complexity index is 1180. The summed E-state index contributed by atoms with van der Waals surface area (Å²) in [5.41, 5.74) is 0.0584. The van der Waals surface area contributed by atoms with Crippen LogP contribution < -0.4 is 10.2 Å². The van der Waals surface area contributed by atoms with Crippen LogP contribution in [0.1, 0.15) is 52.5 Å². The van der Waals surface area contributed by atoms with Gasteiger partial charge in [-0.3, -0.25) is 15.0 Å². The van der Waals surface area contributed by atoms with E-state index < -0.39 is 17.4 Å². The lowest BCUT2D eigenvalue weighted by Gasteiger charge is -2.39. The van der Waals surface area contributed by atoms with Gasteiger partial charge in [0.05, 0.1) is 29.5 Å². The molecule has 0 radical (unpaired) electrons. The smallest absolute Gasteiger partial charge is 0.410 e. The van der Waals surface area contributed by atoms with Gasteiger partial charge in [-0.1, -0.05) is 0 Å². The van der Waals surface area contributed by atoms with Gasteiger partial charge in [-0.2, -0.15) is 0 Å².